The van der Waals surface area contributed by atoms with E-state index in [-0.39, 0.29) is 11.3 Å². The normalized spacial score (nSPS) is 16.1. The molecule has 0 atom stereocenters. The minimum atomic E-state index is -0.443. The Morgan fingerprint density at radius 1 is 1.00 bits per heavy atom. The van der Waals surface area contributed by atoms with Crippen LogP contribution in [0.1, 0.15) is 16.7 Å². The summed E-state index contributed by atoms with van der Waals surface area (Å²) in [7, 11) is 0. The molecule has 23 heavy (non-hydrogen) atoms. The molecule has 116 valence electrons. The van der Waals surface area contributed by atoms with Gasteiger partial charge in [-0.3, -0.25) is 15.0 Å². The zero-order valence-electron chi connectivity index (χ0n) is 12.8. The van der Waals surface area contributed by atoms with Crippen molar-refractivity contribution in [2.75, 3.05) is 5.01 Å². The van der Waals surface area contributed by atoms with Crippen LogP contribution >= 0.6 is 0 Å². The standard InChI is InChI=1S/C18H16N2O3/c1-11-3-6-14(9-12(11)2)20-18(23)16(17(22)19-20)10-13-4-7-15(21)8-5-13/h3-10,21H,1-2H3,(H,19,22)/b16-10+. The summed E-state index contributed by atoms with van der Waals surface area (Å²) in [5.74, 6) is -0.710. The van der Waals surface area contributed by atoms with Crippen molar-refractivity contribution in [3.05, 3.63) is 64.7 Å². The lowest BCUT2D eigenvalue weighted by Crippen LogP contribution is -2.35. The predicted octanol–water partition coefficient (Wildman–Crippen LogP) is 2.47. The first-order valence-electron chi connectivity index (χ1n) is 7.19. The first-order valence-corrected chi connectivity index (χ1v) is 7.19. The van der Waals surface area contributed by atoms with Crippen molar-refractivity contribution in [1.82, 2.24) is 5.43 Å². The molecule has 1 aliphatic heterocycles. The monoisotopic (exact) mass is 308 g/mol. The van der Waals surface area contributed by atoms with E-state index in [1.165, 1.54) is 23.2 Å². The number of nitrogens with zero attached hydrogens (tertiary/aromatic N) is 1. The first-order chi connectivity index (χ1) is 11.0. The molecule has 1 saturated heterocycles. The Hall–Kier alpha value is -3.08. The highest BCUT2D eigenvalue weighted by atomic mass is 16.3. The fourth-order valence-corrected chi connectivity index (χ4v) is 2.34. The SMILES string of the molecule is Cc1ccc(N2NC(=O)/C(=C\c3ccc(O)cc3)C2=O)cc1C. The van der Waals surface area contributed by atoms with Crippen molar-refractivity contribution >= 4 is 23.6 Å². The van der Waals surface area contributed by atoms with Gasteiger partial charge >= 0.3 is 0 Å². The van der Waals surface area contributed by atoms with Crippen LogP contribution in [0.2, 0.25) is 0 Å². The Bertz CT molecular complexity index is 823. The van der Waals surface area contributed by atoms with Gasteiger partial charge in [-0.1, -0.05) is 18.2 Å². The van der Waals surface area contributed by atoms with E-state index in [0.717, 1.165) is 11.1 Å². The van der Waals surface area contributed by atoms with Gasteiger partial charge in [0.05, 0.1) is 5.69 Å². The Morgan fingerprint density at radius 3 is 2.35 bits per heavy atom. The fourth-order valence-electron chi connectivity index (χ4n) is 2.34. The molecule has 5 nitrogen and oxygen atoms in total. The zero-order chi connectivity index (χ0) is 16.6. The van der Waals surface area contributed by atoms with Crippen molar-refractivity contribution < 1.29 is 14.7 Å². The molecule has 2 aromatic carbocycles. The predicted molar refractivity (Wildman–Crippen MR) is 87.6 cm³/mol. The highest BCUT2D eigenvalue weighted by Gasteiger charge is 2.34. The van der Waals surface area contributed by atoms with Gasteiger partial charge in [-0.2, -0.15) is 0 Å². The molecule has 3 rings (SSSR count). The van der Waals surface area contributed by atoms with E-state index in [1.54, 1.807) is 18.2 Å². The first kappa shape index (κ1) is 14.8. The number of nitrogens with one attached hydrogen (secondary N) is 1. The van der Waals surface area contributed by atoms with Crippen LogP contribution in [0.4, 0.5) is 5.69 Å². The van der Waals surface area contributed by atoms with Gasteiger partial charge in [0, 0.05) is 0 Å². The number of hydrazine groups is 1. The number of aryl methyl sites for hydroxylation is 2. The maximum atomic E-state index is 12.5. The summed E-state index contributed by atoms with van der Waals surface area (Å²) in [4.78, 5) is 24.6. The number of carbonyl (C=O) groups is 2. The van der Waals surface area contributed by atoms with Crippen LogP contribution in [0.15, 0.2) is 48.0 Å². The maximum absolute atomic E-state index is 12.5. The average molecular weight is 308 g/mol. The van der Waals surface area contributed by atoms with E-state index in [1.807, 2.05) is 26.0 Å². The number of aromatic hydroxyl groups is 1. The van der Waals surface area contributed by atoms with E-state index in [4.69, 9.17) is 0 Å². The molecule has 0 spiro atoms. The molecule has 0 bridgehead atoms. The molecule has 2 aromatic rings. The number of rotatable bonds is 2. The number of carbonyl (C=O) groups excluding carboxylic acids is 2. The van der Waals surface area contributed by atoms with Gasteiger partial charge in [-0.05, 0) is 60.9 Å². The molecule has 0 saturated carbocycles. The summed E-state index contributed by atoms with van der Waals surface area (Å²) < 4.78 is 0. The van der Waals surface area contributed by atoms with Crippen molar-refractivity contribution in [3.8, 4) is 5.75 Å². The second-order valence-corrected chi connectivity index (χ2v) is 5.50. The van der Waals surface area contributed by atoms with Crippen LogP contribution in [-0.4, -0.2) is 16.9 Å². The third-order valence-corrected chi connectivity index (χ3v) is 3.84. The molecule has 2 N–H and O–H groups in total. The van der Waals surface area contributed by atoms with E-state index in [2.05, 4.69) is 5.43 Å². The second kappa shape index (κ2) is 5.61. The van der Waals surface area contributed by atoms with Gasteiger partial charge < -0.3 is 5.11 Å². The van der Waals surface area contributed by atoms with Gasteiger partial charge in [0.1, 0.15) is 11.3 Å². The Labute approximate surface area is 133 Å². The molecule has 1 fully saturated rings. The van der Waals surface area contributed by atoms with Crippen LogP contribution in [0.3, 0.4) is 0 Å². The molecule has 2 amide bonds. The molecule has 1 heterocycles. The van der Waals surface area contributed by atoms with Crippen LogP contribution < -0.4 is 10.4 Å². The van der Waals surface area contributed by atoms with Crippen LogP contribution in [0.5, 0.6) is 5.75 Å². The quantitative estimate of drug-likeness (QED) is 0.661. The van der Waals surface area contributed by atoms with E-state index in [0.29, 0.717) is 11.3 Å². The molecule has 0 unspecified atom stereocenters. The molecule has 1 aliphatic rings. The van der Waals surface area contributed by atoms with Gasteiger partial charge in [-0.15, -0.1) is 0 Å². The molecule has 0 aliphatic carbocycles. The summed E-state index contributed by atoms with van der Waals surface area (Å²) in [6.07, 6.45) is 1.51. The second-order valence-electron chi connectivity index (χ2n) is 5.50. The molecule has 0 radical (unpaired) electrons. The lowest BCUT2D eigenvalue weighted by molar-refractivity contribution is -0.117. The summed E-state index contributed by atoms with van der Waals surface area (Å²) in [6.45, 7) is 3.94. The number of amides is 2. The topological polar surface area (TPSA) is 69.6 Å². The Kier molecular flexibility index (Phi) is 3.62. The highest BCUT2D eigenvalue weighted by Crippen LogP contribution is 2.24. The van der Waals surface area contributed by atoms with Crippen molar-refractivity contribution in [2.45, 2.75) is 13.8 Å². The number of benzene rings is 2. The molecular formula is C18H16N2O3. The Balaban J connectivity index is 1.93. The summed E-state index contributed by atoms with van der Waals surface area (Å²) >= 11 is 0. The van der Waals surface area contributed by atoms with E-state index < -0.39 is 11.8 Å². The number of hydrogen-bond donors (Lipinski definition) is 2. The summed E-state index contributed by atoms with van der Waals surface area (Å²) in [6, 6.07) is 11.9. The van der Waals surface area contributed by atoms with Crippen LogP contribution in [0.25, 0.3) is 6.08 Å². The van der Waals surface area contributed by atoms with Gasteiger partial charge in [0.2, 0.25) is 0 Å². The van der Waals surface area contributed by atoms with E-state index in [9.17, 15) is 14.7 Å². The van der Waals surface area contributed by atoms with Gasteiger partial charge in [0.15, 0.2) is 0 Å². The molecular weight excluding hydrogens is 292 g/mol. The third-order valence-electron chi connectivity index (χ3n) is 3.84. The van der Waals surface area contributed by atoms with Crippen LogP contribution in [-0.2, 0) is 9.59 Å². The van der Waals surface area contributed by atoms with Crippen molar-refractivity contribution in [2.24, 2.45) is 0 Å². The lowest BCUT2D eigenvalue weighted by atomic mass is 10.1. The molecule has 0 aromatic heterocycles. The van der Waals surface area contributed by atoms with Gasteiger partial charge in [-0.25, -0.2) is 5.01 Å². The fraction of sp³-hybridized carbons (Fsp3) is 0.111. The lowest BCUT2D eigenvalue weighted by Gasteiger charge is -2.15. The third kappa shape index (κ3) is 2.81. The molecule has 5 heteroatoms. The smallest absolute Gasteiger partial charge is 0.282 e. The highest BCUT2D eigenvalue weighted by molar-refractivity contribution is 6.31. The number of hydrogen-bond acceptors (Lipinski definition) is 3. The largest absolute Gasteiger partial charge is 0.508 e. The average Bonchev–Trinajstić information content (AvgIpc) is 2.80. The van der Waals surface area contributed by atoms with Crippen molar-refractivity contribution in [1.29, 1.82) is 0 Å². The zero-order valence-corrected chi connectivity index (χ0v) is 12.8. The van der Waals surface area contributed by atoms with Crippen molar-refractivity contribution in [3.63, 3.8) is 0 Å². The number of anilines is 1. The van der Waals surface area contributed by atoms with E-state index >= 15 is 0 Å². The maximum Gasteiger partial charge on any atom is 0.282 e. The minimum absolute atomic E-state index is 0.0638. The number of phenolic OH excluding ortho intramolecular Hbond substituents is 1. The minimum Gasteiger partial charge on any atom is -0.508 e. The number of phenols is 1. The van der Waals surface area contributed by atoms with Crippen LogP contribution in [0, 0.1) is 13.8 Å². The summed E-state index contributed by atoms with van der Waals surface area (Å²) in [5, 5.41) is 10.5. The van der Waals surface area contributed by atoms with Gasteiger partial charge in [0.25, 0.3) is 11.8 Å². The Morgan fingerprint density at radius 2 is 1.70 bits per heavy atom. The summed E-state index contributed by atoms with van der Waals surface area (Å²) in [5.41, 5.74) is 6.09.